The minimum absolute atomic E-state index is 0.0236. The first-order chi connectivity index (χ1) is 19.7. The summed E-state index contributed by atoms with van der Waals surface area (Å²) in [7, 11) is 5.53. The predicted octanol–water partition coefficient (Wildman–Crippen LogP) is 2.96. The molecule has 1 aliphatic heterocycles. The van der Waals surface area contributed by atoms with Gasteiger partial charge in [-0.25, -0.2) is 4.79 Å². The van der Waals surface area contributed by atoms with E-state index in [1.807, 2.05) is 12.1 Å². The number of amides is 1. The summed E-state index contributed by atoms with van der Waals surface area (Å²) in [6, 6.07) is 9.48. The lowest BCUT2D eigenvalue weighted by molar-refractivity contribution is -0.149. The average Bonchev–Trinajstić information content (AvgIpc) is 2.98. The van der Waals surface area contributed by atoms with E-state index in [2.05, 4.69) is 10.1 Å². The van der Waals surface area contributed by atoms with E-state index in [0.717, 1.165) is 28.8 Å². The van der Waals surface area contributed by atoms with Crippen LogP contribution in [0.3, 0.4) is 0 Å². The molecule has 1 amide bonds. The third kappa shape index (κ3) is 6.50. The molecule has 2 aromatic carbocycles. The number of hydrogen-bond acceptors (Lipinski definition) is 10. The van der Waals surface area contributed by atoms with Crippen molar-refractivity contribution < 1.29 is 42.9 Å². The van der Waals surface area contributed by atoms with Crippen LogP contribution >= 0.6 is 0 Å². The number of nitrogens with one attached hydrogen (secondary N) is 1. The Morgan fingerprint density at radius 3 is 2.24 bits per heavy atom. The second-order valence-corrected chi connectivity index (χ2v) is 9.90. The van der Waals surface area contributed by atoms with Gasteiger partial charge < -0.3 is 29.0 Å². The highest BCUT2D eigenvalue weighted by Crippen LogP contribution is 2.45. The fourth-order valence-electron chi connectivity index (χ4n) is 5.43. The van der Waals surface area contributed by atoms with Gasteiger partial charge in [0.2, 0.25) is 0 Å². The topological polar surface area (TPSA) is 139 Å². The van der Waals surface area contributed by atoms with Gasteiger partial charge in [0, 0.05) is 29.5 Å². The third-order valence-corrected chi connectivity index (χ3v) is 7.41. The van der Waals surface area contributed by atoms with E-state index in [1.165, 1.54) is 21.1 Å². The minimum atomic E-state index is -1.18. The first-order valence-electron chi connectivity index (χ1n) is 13.3. The zero-order valence-corrected chi connectivity index (χ0v) is 23.7. The van der Waals surface area contributed by atoms with Gasteiger partial charge in [-0.3, -0.25) is 19.4 Å². The van der Waals surface area contributed by atoms with E-state index in [4.69, 9.17) is 23.9 Å². The Labute approximate surface area is 238 Å². The smallest absolute Gasteiger partial charge is 0.328 e. The number of rotatable bonds is 9. The van der Waals surface area contributed by atoms with Crippen molar-refractivity contribution in [2.24, 2.45) is 4.99 Å². The molecule has 2 aromatic rings. The van der Waals surface area contributed by atoms with E-state index >= 15 is 0 Å². The van der Waals surface area contributed by atoms with Crippen molar-refractivity contribution in [3.63, 3.8) is 0 Å². The Bertz CT molecular complexity index is 1350. The highest BCUT2D eigenvalue weighted by molar-refractivity contribution is 6.15. The van der Waals surface area contributed by atoms with Crippen LogP contribution < -0.4 is 14.8 Å². The van der Waals surface area contributed by atoms with Crippen molar-refractivity contribution in [2.75, 3.05) is 28.4 Å². The lowest BCUT2D eigenvalue weighted by Gasteiger charge is -2.38. The Balaban J connectivity index is 1.64. The lowest BCUT2D eigenvalue weighted by Crippen LogP contribution is -2.43. The highest BCUT2D eigenvalue weighted by Gasteiger charge is 2.39. The second kappa shape index (κ2) is 12.8. The highest BCUT2D eigenvalue weighted by atomic mass is 16.5. The number of carbonyl (C=O) groups excluding carboxylic acids is 4. The molecule has 4 rings (SSSR count). The molecule has 1 aliphatic carbocycles. The molecular formula is C30H34N2O9. The van der Waals surface area contributed by atoms with E-state index < -0.39 is 23.9 Å². The van der Waals surface area contributed by atoms with Gasteiger partial charge >= 0.3 is 17.9 Å². The molecule has 0 radical (unpaired) electrons. The van der Waals surface area contributed by atoms with E-state index in [9.17, 15) is 19.2 Å². The van der Waals surface area contributed by atoms with Crippen LogP contribution in [0.25, 0.3) is 0 Å². The van der Waals surface area contributed by atoms with Crippen LogP contribution in [0.4, 0.5) is 0 Å². The molecule has 0 spiro atoms. The van der Waals surface area contributed by atoms with Gasteiger partial charge in [-0.1, -0.05) is 12.1 Å². The summed E-state index contributed by atoms with van der Waals surface area (Å²) in [5.41, 5.74) is 3.72. The van der Waals surface area contributed by atoms with Gasteiger partial charge in [-0.2, -0.15) is 0 Å². The molecule has 218 valence electrons. The molecule has 1 N–H and O–H groups in total. The van der Waals surface area contributed by atoms with Crippen molar-refractivity contribution in [3.05, 3.63) is 58.7 Å². The molecule has 11 nitrogen and oxygen atoms in total. The Hall–Kier alpha value is -4.41. The molecule has 1 heterocycles. The summed E-state index contributed by atoms with van der Waals surface area (Å²) in [5, 5.41) is 2.54. The molecule has 1 fully saturated rings. The van der Waals surface area contributed by atoms with Crippen molar-refractivity contribution in [2.45, 2.75) is 56.7 Å². The number of aliphatic imine (C=N–C) groups is 1. The largest absolute Gasteiger partial charge is 0.493 e. The van der Waals surface area contributed by atoms with Gasteiger partial charge in [0.05, 0.1) is 46.6 Å². The number of ether oxygens (including phenoxy) is 5. The van der Waals surface area contributed by atoms with Gasteiger partial charge in [-0.05, 0) is 49.1 Å². The molecule has 11 heteroatoms. The van der Waals surface area contributed by atoms with Crippen LogP contribution in [0, 0.1) is 0 Å². The number of nitrogens with zero attached hydrogens (tertiary/aromatic N) is 1. The molecule has 0 bridgehead atoms. The van der Waals surface area contributed by atoms with Gasteiger partial charge in [0.1, 0.15) is 12.1 Å². The molecule has 4 unspecified atom stereocenters. The molecule has 41 heavy (non-hydrogen) atoms. The maximum Gasteiger partial charge on any atom is 0.328 e. The fraction of sp³-hybridized carbons (Fsp3) is 0.433. The summed E-state index contributed by atoms with van der Waals surface area (Å²) >= 11 is 0. The Morgan fingerprint density at radius 2 is 1.63 bits per heavy atom. The number of esters is 3. The summed E-state index contributed by atoms with van der Waals surface area (Å²) in [4.78, 5) is 53.5. The van der Waals surface area contributed by atoms with Crippen molar-refractivity contribution in [1.82, 2.24) is 5.32 Å². The molecule has 2 aliphatic rings. The van der Waals surface area contributed by atoms with Crippen molar-refractivity contribution >= 4 is 29.5 Å². The lowest BCUT2D eigenvalue weighted by atomic mass is 9.74. The van der Waals surface area contributed by atoms with Crippen LogP contribution in [0.2, 0.25) is 0 Å². The van der Waals surface area contributed by atoms with Gasteiger partial charge in [0.15, 0.2) is 11.5 Å². The molecular weight excluding hydrogens is 532 g/mol. The second-order valence-electron chi connectivity index (χ2n) is 9.90. The maximum absolute atomic E-state index is 12.9. The van der Waals surface area contributed by atoms with Crippen molar-refractivity contribution in [1.29, 1.82) is 0 Å². The number of carbonyl (C=O) groups is 4. The van der Waals surface area contributed by atoms with Crippen LogP contribution in [0.1, 0.15) is 65.6 Å². The number of fused-ring (bicyclic) bond motifs is 3. The molecule has 4 atom stereocenters. The van der Waals surface area contributed by atoms with Gasteiger partial charge in [-0.15, -0.1) is 0 Å². The molecule has 0 aromatic heterocycles. The normalized spacial score (nSPS) is 19.8. The monoisotopic (exact) mass is 566 g/mol. The van der Waals surface area contributed by atoms with Crippen LogP contribution in [0.15, 0.2) is 41.4 Å². The molecule has 0 saturated heterocycles. The Kier molecular flexibility index (Phi) is 9.26. The quantitative estimate of drug-likeness (QED) is 0.358. The summed E-state index contributed by atoms with van der Waals surface area (Å²) < 4.78 is 26.0. The fourth-order valence-corrected chi connectivity index (χ4v) is 5.43. The predicted molar refractivity (Wildman–Crippen MR) is 147 cm³/mol. The maximum atomic E-state index is 12.9. The first-order valence-corrected chi connectivity index (χ1v) is 13.3. The summed E-state index contributed by atoms with van der Waals surface area (Å²) in [6.45, 7) is 1.42. The number of methoxy groups -OCH3 is 4. The molecule has 1 saturated carbocycles. The first kappa shape index (κ1) is 29.6. The minimum Gasteiger partial charge on any atom is -0.493 e. The average molecular weight is 567 g/mol. The van der Waals surface area contributed by atoms with Crippen molar-refractivity contribution in [3.8, 4) is 11.5 Å². The zero-order chi connectivity index (χ0) is 29.7. The summed E-state index contributed by atoms with van der Waals surface area (Å²) in [5.74, 6) is -1.07. The zero-order valence-electron chi connectivity index (χ0n) is 23.7. The third-order valence-electron chi connectivity index (χ3n) is 7.41. The van der Waals surface area contributed by atoms with Crippen LogP contribution in [-0.4, -0.2) is 76.2 Å². The van der Waals surface area contributed by atoms with E-state index in [1.54, 1.807) is 38.5 Å². The van der Waals surface area contributed by atoms with Crippen LogP contribution in [0.5, 0.6) is 11.5 Å². The number of hydrogen-bond donors (Lipinski definition) is 1. The van der Waals surface area contributed by atoms with Crippen LogP contribution in [-0.2, 0) is 28.6 Å². The summed E-state index contributed by atoms with van der Waals surface area (Å²) in [6.07, 6.45) is 1.57. The van der Waals surface area contributed by atoms with E-state index in [-0.39, 0.29) is 36.0 Å². The standard InChI is InChI=1S/C30H34N2O9/c1-16(33)41-19-10-11-23-21(12-19)20-13-25(37-2)26(38-3)14-22(20)28(31-23)17-6-8-18(9-7-17)29(35)32-24(30(36)40-5)15-27(34)39-4/h6-9,13-14,19,21,23-24H,10-12,15H2,1-5H3,(H,32,35). The number of benzene rings is 2. The SMILES string of the molecule is COC(=O)CC(NC(=O)c1ccc(C2=NC3CCC(OC(C)=O)CC3c3cc(OC)c(OC)cc32)cc1)C(=O)OC. The van der Waals surface area contributed by atoms with E-state index in [0.29, 0.717) is 24.3 Å². The van der Waals surface area contributed by atoms with Gasteiger partial charge in [0.25, 0.3) is 5.91 Å². The Morgan fingerprint density at radius 1 is 0.951 bits per heavy atom.